The standard InChI is InChI=1S/C22H26N4O5S/c1-15(27)23-17-6-4-5-16(11-17)20-14-24(2)22(28)19-12-18(31-21(19)20)13-25-7-9-26(10-8-25)32(3,29)30/h4-6,11-12,14H,7-10,13H2,1-3H3,(H,23,27). The van der Waals surface area contributed by atoms with Crippen molar-refractivity contribution in [1.29, 1.82) is 0 Å². The van der Waals surface area contributed by atoms with Crippen LogP contribution in [-0.2, 0) is 28.4 Å². The summed E-state index contributed by atoms with van der Waals surface area (Å²) in [4.78, 5) is 26.3. The number of fused-ring (bicyclic) bond motifs is 1. The molecule has 1 fully saturated rings. The molecule has 9 nitrogen and oxygen atoms in total. The minimum atomic E-state index is -3.19. The Morgan fingerprint density at radius 2 is 1.88 bits per heavy atom. The van der Waals surface area contributed by atoms with E-state index >= 15 is 0 Å². The highest BCUT2D eigenvalue weighted by molar-refractivity contribution is 7.88. The average molecular weight is 459 g/mol. The molecule has 0 saturated carbocycles. The highest BCUT2D eigenvalue weighted by Gasteiger charge is 2.24. The van der Waals surface area contributed by atoms with Gasteiger partial charge in [0.05, 0.1) is 18.2 Å². The van der Waals surface area contributed by atoms with Crippen molar-refractivity contribution in [3.8, 4) is 11.1 Å². The van der Waals surface area contributed by atoms with Gasteiger partial charge >= 0.3 is 0 Å². The van der Waals surface area contributed by atoms with Gasteiger partial charge in [-0.25, -0.2) is 8.42 Å². The number of hydrogen-bond donors (Lipinski definition) is 1. The molecule has 3 heterocycles. The largest absolute Gasteiger partial charge is 0.459 e. The van der Waals surface area contributed by atoms with Gasteiger partial charge in [-0.3, -0.25) is 14.5 Å². The number of aryl methyl sites for hydroxylation is 1. The molecule has 1 aliphatic heterocycles. The van der Waals surface area contributed by atoms with Gasteiger partial charge in [0.2, 0.25) is 15.9 Å². The van der Waals surface area contributed by atoms with Gasteiger partial charge in [0.25, 0.3) is 5.56 Å². The second-order valence-corrected chi connectivity index (χ2v) is 10.1. The number of amides is 1. The van der Waals surface area contributed by atoms with Crippen molar-refractivity contribution in [3.63, 3.8) is 0 Å². The summed E-state index contributed by atoms with van der Waals surface area (Å²) in [5, 5.41) is 3.26. The molecule has 32 heavy (non-hydrogen) atoms. The maximum atomic E-state index is 12.7. The molecule has 1 N–H and O–H groups in total. The summed E-state index contributed by atoms with van der Waals surface area (Å²) in [7, 11) is -1.49. The lowest BCUT2D eigenvalue weighted by Gasteiger charge is -2.32. The summed E-state index contributed by atoms with van der Waals surface area (Å²) >= 11 is 0. The first-order valence-corrected chi connectivity index (χ1v) is 12.1. The monoisotopic (exact) mass is 458 g/mol. The highest BCUT2D eigenvalue weighted by atomic mass is 32.2. The molecule has 0 radical (unpaired) electrons. The van der Waals surface area contributed by atoms with E-state index in [-0.39, 0.29) is 11.5 Å². The van der Waals surface area contributed by atoms with E-state index in [1.807, 2.05) is 18.2 Å². The van der Waals surface area contributed by atoms with Crippen molar-refractivity contribution in [3.05, 3.63) is 52.6 Å². The van der Waals surface area contributed by atoms with E-state index in [0.717, 1.165) is 11.1 Å². The Morgan fingerprint density at radius 1 is 1.16 bits per heavy atom. The van der Waals surface area contributed by atoms with E-state index in [1.165, 1.54) is 22.1 Å². The van der Waals surface area contributed by atoms with Crippen LogP contribution in [0.2, 0.25) is 0 Å². The number of carbonyl (C=O) groups is 1. The van der Waals surface area contributed by atoms with Gasteiger partial charge in [-0.2, -0.15) is 4.31 Å². The summed E-state index contributed by atoms with van der Waals surface area (Å²) in [6.07, 6.45) is 2.95. The predicted molar refractivity (Wildman–Crippen MR) is 123 cm³/mol. The molecule has 4 rings (SSSR count). The van der Waals surface area contributed by atoms with E-state index in [2.05, 4.69) is 10.2 Å². The Hall–Kier alpha value is -2.95. The van der Waals surface area contributed by atoms with Crippen molar-refractivity contribution in [1.82, 2.24) is 13.8 Å². The number of pyridine rings is 1. The number of hydrogen-bond acceptors (Lipinski definition) is 6. The third-order valence-corrected chi connectivity index (χ3v) is 6.88. The van der Waals surface area contributed by atoms with Crippen LogP contribution < -0.4 is 10.9 Å². The number of sulfonamides is 1. The van der Waals surface area contributed by atoms with Crippen LogP contribution in [0, 0.1) is 0 Å². The van der Waals surface area contributed by atoms with Crippen LogP contribution in [0.1, 0.15) is 12.7 Å². The lowest BCUT2D eigenvalue weighted by Crippen LogP contribution is -2.47. The van der Waals surface area contributed by atoms with Gasteiger partial charge in [-0.1, -0.05) is 12.1 Å². The first kappa shape index (κ1) is 22.3. The second kappa shape index (κ2) is 8.53. The minimum Gasteiger partial charge on any atom is -0.459 e. The molecular formula is C22H26N4O5S. The zero-order valence-electron chi connectivity index (χ0n) is 18.3. The molecule has 1 aliphatic rings. The summed E-state index contributed by atoms with van der Waals surface area (Å²) in [5.74, 6) is 0.486. The zero-order valence-corrected chi connectivity index (χ0v) is 19.1. The van der Waals surface area contributed by atoms with Crippen LogP contribution in [0.5, 0.6) is 0 Å². The Labute approximate surface area is 186 Å². The SMILES string of the molecule is CC(=O)Nc1cccc(-c2cn(C)c(=O)c3cc(CN4CCN(S(C)(=O)=O)CC4)oc23)c1. The summed E-state index contributed by atoms with van der Waals surface area (Å²) in [5.41, 5.74) is 2.58. The number of carbonyl (C=O) groups excluding carboxylic acids is 1. The highest BCUT2D eigenvalue weighted by Crippen LogP contribution is 2.31. The van der Waals surface area contributed by atoms with Crippen molar-refractivity contribution in [2.24, 2.45) is 7.05 Å². The number of nitrogens with zero attached hydrogens (tertiary/aromatic N) is 3. The molecule has 3 aromatic rings. The van der Waals surface area contributed by atoms with E-state index in [4.69, 9.17) is 4.42 Å². The molecular weight excluding hydrogens is 432 g/mol. The number of nitrogens with one attached hydrogen (secondary N) is 1. The summed E-state index contributed by atoms with van der Waals surface area (Å²) in [6.45, 7) is 3.98. The fourth-order valence-corrected chi connectivity index (χ4v) is 4.82. The van der Waals surface area contributed by atoms with Crippen LogP contribution >= 0.6 is 0 Å². The van der Waals surface area contributed by atoms with Gasteiger partial charge < -0.3 is 14.3 Å². The fourth-order valence-electron chi connectivity index (χ4n) is 3.99. The maximum absolute atomic E-state index is 12.7. The number of furan rings is 1. The molecule has 1 aromatic carbocycles. The van der Waals surface area contributed by atoms with Crippen LogP contribution in [-0.4, -0.2) is 60.5 Å². The molecule has 0 bridgehead atoms. The lowest BCUT2D eigenvalue weighted by atomic mass is 10.1. The Bertz CT molecular complexity index is 1330. The molecule has 1 saturated heterocycles. The predicted octanol–water partition coefficient (Wildman–Crippen LogP) is 1.83. The van der Waals surface area contributed by atoms with Gasteiger partial charge in [-0.05, 0) is 23.8 Å². The maximum Gasteiger partial charge on any atom is 0.261 e. The number of aromatic nitrogens is 1. The van der Waals surface area contributed by atoms with Crippen molar-refractivity contribution >= 4 is 32.6 Å². The Kier molecular flexibility index (Phi) is 5.93. The lowest BCUT2D eigenvalue weighted by molar-refractivity contribution is -0.114. The van der Waals surface area contributed by atoms with Crippen molar-refractivity contribution < 1.29 is 17.6 Å². The van der Waals surface area contributed by atoms with Crippen LogP contribution in [0.25, 0.3) is 22.1 Å². The van der Waals surface area contributed by atoms with Crippen LogP contribution in [0.4, 0.5) is 5.69 Å². The van der Waals surface area contributed by atoms with Gasteiger partial charge in [0, 0.05) is 57.6 Å². The zero-order chi connectivity index (χ0) is 23.0. The quantitative estimate of drug-likeness (QED) is 0.626. The number of anilines is 1. The third-order valence-electron chi connectivity index (χ3n) is 5.57. The van der Waals surface area contributed by atoms with E-state index in [9.17, 15) is 18.0 Å². The minimum absolute atomic E-state index is 0.154. The van der Waals surface area contributed by atoms with E-state index in [0.29, 0.717) is 55.1 Å². The van der Waals surface area contributed by atoms with Crippen LogP contribution in [0.15, 0.2) is 45.7 Å². The first-order valence-electron chi connectivity index (χ1n) is 10.3. The van der Waals surface area contributed by atoms with Gasteiger partial charge in [0.15, 0.2) is 0 Å². The first-order chi connectivity index (χ1) is 15.1. The number of piperazine rings is 1. The molecule has 1 amide bonds. The molecule has 10 heteroatoms. The molecule has 0 atom stereocenters. The van der Waals surface area contributed by atoms with Gasteiger partial charge in [-0.15, -0.1) is 0 Å². The van der Waals surface area contributed by atoms with E-state index in [1.54, 1.807) is 25.4 Å². The van der Waals surface area contributed by atoms with Crippen LogP contribution in [0.3, 0.4) is 0 Å². The Balaban J connectivity index is 1.65. The second-order valence-electron chi connectivity index (χ2n) is 8.11. The molecule has 170 valence electrons. The smallest absolute Gasteiger partial charge is 0.261 e. The normalized spacial score (nSPS) is 15.8. The molecule has 2 aromatic heterocycles. The van der Waals surface area contributed by atoms with Crippen molar-refractivity contribution in [2.45, 2.75) is 13.5 Å². The summed E-state index contributed by atoms with van der Waals surface area (Å²) < 4.78 is 32.6. The van der Waals surface area contributed by atoms with E-state index < -0.39 is 10.0 Å². The van der Waals surface area contributed by atoms with Crippen molar-refractivity contribution in [2.75, 3.05) is 37.8 Å². The Morgan fingerprint density at radius 3 is 2.53 bits per heavy atom. The summed E-state index contributed by atoms with van der Waals surface area (Å²) in [6, 6.07) is 9.14. The number of rotatable bonds is 5. The average Bonchev–Trinajstić information content (AvgIpc) is 3.14. The third kappa shape index (κ3) is 4.62. The number of benzene rings is 1. The fraction of sp³-hybridized carbons (Fsp3) is 0.364. The molecule has 0 aliphatic carbocycles. The molecule has 0 spiro atoms. The van der Waals surface area contributed by atoms with Gasteiger partial charge in [0.1, 0.15) is 11.3 Å². The topological polar surface area (TPSA) is 105 Å². The molecule has 0 unspecified atom stereocenters.